The molecule has 0 fully saturated rings. The van der Waals surface area contributed by atoms with Crippen LogP contribution < -0.4 is 5.32 Å². The third-order valence-electron chi connectivity index (χ3n) is 2.09. The molecule has 4 heteroatoms. The lowest BCUT2D eigenvalue weighted by Gasteiger charge is -2.24. The molecule has 1 aromatic carbocycles. The number of anilines is 1. The van der Waals surface area contributed by atoms with Gasteiger partial charge in [0.05, 0.1) is 12.7 Å². The largest absolute Gasteiger partial charge is 0.378 e. The second-order valence-electron chi connectivity index (χ2n) is 3.72. The molecule has 1 aromatic rings. The fourth-order valence-electron chi connectivity index (χ4n) is 1.29. The van der Waals surface area contributed by atoms with Crippen LogP contribution in [-0.4, -0.2) is 18.8 Å². The van der Waals surface area contributed by atoms with Gasteiger partial charge in [-0.25, -0.2) is 0 Å². The summed E-state index contributed by atoms with van der Waals surface area (Å²) in [6.45, 7) is 4.71. The quantitative estimate of drug-likeness (QED) is 0.902. The third-order valence-corrected chi connectivity index (χ3v) is 2.58. The Balaban J connectivity index is 2.73. The molecule has 0 radical (unpaired) electrons. The van der Waals surface area contributed by atoms with E-state index in [1.54, 1.807) is 0 Å². The molecule has 1 rings (SSSR count). The van der Waals surface area contributed by atoms with Crippen LogP contribution in [0.5, 0.6) is 0 Å². The molecule has 1 N–H and O–H groups in total. The molecule has 0 saturated heterocycles. The zero-order valence-electron chi connectivity index (χ0n) is 9.46. The first-order chi connectivity index (χ1) is 7.59. The Morgan fingerprint density at radius 1 is 1.56 bits per heavy atom. The van der Waals surface area contributed by atoms with E-state index in [0.29, 0.717) is 13.2 Å². The summed E-state index contributed by atoms with van der Waals surface area (Å²) in [5.41, 5.74) is 0.203. The van der Waals surface area contributed by atoms with Gasteiger partial charge in [-0.15, -0.1) is 0 Å². The Labute approximate surface area is 105 Å². The molecule has 0 spiro atoms. The minimum Gasteiger partial charge on any atom is -0.378 e. The van der Waals surface area contributed by atoms with E-state index in [1.807, 2.05) is 38.1 Å². The van der Waals surface area contributed by atoms with Crippen molar-refractivity contribution in [1.29, 1.82) is 5.26 Å². The van der Waals surface area contributed by atoms with Crippen LogP contribution in [0, 0.1) is 11.3 Å². The van der Waals surface area contributed by atoms with Crippen molar-refractivity contribution in [1.82, 2.24) is 0 Å². The molecule has 0 aromatic heterocycles. The third kappa shape index (κ3) is 3.84. The number of nitrogens with zero attached hydrogens (tertiary/aromatic N) is 1. The van der Waals surface area contributed by atoms with E-state index in [9.17, 15) is 0 Å². The highest BCUT2D eigenvalue weighted by atomic mass is 79.9. The SMILES string of the molecule is CCOCC(C)(C#N)Nc1cccc(Br)c1. The molecule has 0 amide bonds. The number of rotatable bonds is 5. The summed E-state index contributed by atoms with van der Waals surface area (Å²) in [6.07, 6.45) is 0. The van der Waals surface area contributed by atoms with Gasteiger partial charge in [-0.2, -0.15) is 5.26 Å². The van der Waals surface area contributed by atoms with Gasteiger partial charge in [0.2, 0.25) is 0 Å². The normalized spacial score (nSPS) is 13.9. The molecule has 0 heterocycles. The van der Waals surface area contributed by atoms with Crippen molar-refractivity contribution in [3.05, 3.63) is 28.7 Å². The number of ether oxygens (including phenoxy) is 1. The summed E-state index contributed by atoms with van der Waals surface area (Å²) in [5.74, 6) is 0. The Morgan fingerprint density at radius 2 is 2.31 bits per heavy atom. The Bertz CT molecular complexity index is 389. The topological polar surface area (TPSA) is 45.0 Å². The number of hydrogen-bond donors (Lipinski definition) is 1. The lowest BCUT2D eigenvalue weighted by atomic mass is 10.1. The minimum absolute atomic E-state index is 0.368. The average Bonchev–Trinajstić information content (AvgIpc) is 2.26. The van der Waals surface area contributed by atoms with Gasteiger partial charge in [0.25, 0.3) is 0 Å². The van der Waals surface area contributed by atoms with E-state index in [-0.39, 0.29) is 0 Å². The fraction of sp³-hybridized carbons (Fsp3) is 0.417. The highest BCUT2D eigenvalue weighted by molar-refractivity contribution is 9.10. The standard InChI is InChI=1S/C12H15BrN2O/c1-3-16-9-12(2,8-14)15-11-6-4-5-10(13)7-11/h4-7,15H,3,9H2,1-2H3. The molecule has 0 aliphatic rings. The summed E-state index contributed by atoms with van der Waals surface area (Å²) < 4.78 is 6.28. The first-order valence-electron chi connectivity index (χ1n) is 5.12. The van der Waals surface area contributed by atoms with Crippen LogP contribution in [0.4, 0.5) is 5.69 Å². The van der Waals surface area contributed by atoms with Crippen LogP contribution in [0.3, 0.4) is 0 Å². The lowest BCUT2D eigenvalue weighted by Crippen LogP contribution is -2.38. The highest BCUT2D eigenvalue weighted by Gasteiger charge is 2.23. The highest BCUT2D eigenvalue weighted by Crippen LogP contribution is 2.19. The lowest BCUT2D eigenvalue weighted by molar-refractivity contribution is 0.125. The van der Waals surface area contributed by atoms with E-state index in [1.165, 1.54) is 0 Å². The van der Waals surface area contributed by atoms with Crippen LogP contribution in [0.2, 0.25) is 0 Å². The monoisotopic (exact) mass is 282 g/mol. The zero-order valence-corrected chi connectivity index (χ0v) is 11.0. The summed E-state index contributed by atoms with van der Waals surface area (Å²) in [5, 5.41) is 12.3. The number of benzene rings is 1. The second-order valence-corrected chi connectivity index (χ2v) is 4.63. The average molecular weight is 283 g/mol. The van der Waals surface area contributed by atoms with Crippen molar-refractivity contribution < 1.29 is 4.74 Å². The van der Waals surface area contributed by atoms with E-state index < -0.39 is 5.54 Å². The maximum Gasteiger partial charge on any atom is 0.146 e. The van der Waals surface area contributed by atoms with Crippen molar-refractivity contribution in [2.75, 3.05) is 18.5 Å². The Kier molecular flexibility index (Phi) is 4.78. The summed E-state index contributed by atoms with van der Waals surface area (Å²) in [6, 6.07) is 9.95. The zero-order chi connectivity index (χ0) is 12.0. The Hall–Kier alpha value is -1.05. The van der Waals surface area contributed by atoms with Gasteiger partial charge >= 0.3 is 0 Å². The van der Waals surface area contributed by atoms with Crippen LogP contribution in [0.25, 0.3) is 0 Å². The van der Waals surface area contributed by atoms with E-state index >= 15 is 0 Å². The van der Waals surface area contributed by atoms with Crippen molar-refractivity contribution in [2.45, 2.75) is 19.4 Å². The number of halogens is 1. The summed E-state index contributed by atoms with van der Waals surface area (Å²) in [7, 11) is 0. The maximum atomic E-state index is 9.14. The second kappa shape index (κ2) is 5.88. The van der Waals surface area contributed by atoms with Gasteiger partial charge in [0.15, 0.2) is 0 Å². The molecular weight excluding hydrogens is 268 g/mol. The van der Waals surface area contributed by atoms with E-state index in [2.05, 4.69) is 27.3 Å². The van der Waals surface area contributed by atoms with Crippen molar-refractivity contribution >= 4 is 21.6 Å². The van der Waals surface area contributed by atoms with Gasteiger partial charge in [-0.05, 0) is 32.0 Å². The van der Waals surface area contributed by atoms with Crippen molar-refractivity contribution in [3.63, 3.8) is 0 Å². The first kappa shape index (κ1) is 13.0. The number of nitrogens with one attached hydrogen (secondary N) is 1. The smallest absolute Gasteiger partial charge is 0.146 e. The van der Waals surface area contributed by atoms with Crippen LogP contribution in [0.1, 0.15) is 13.8 Å². The number of nitriles is 1. The Morgan fingerprint density at radius 3 is 2.88 bits per heavy atom. The van der Waals surface area contributed by atoms with Gasteiger partial charge in [-0.3, -0.25) is 0 Å². The molecule has 3 nitrogen and oxygen atoms in total. The van der Waals surface area contributed by atoms with E-state index in [4.69, 9.17) is 10.00 Å². The molecule has 1 atom stereocenters. The number of hydrogen-bond acceptors (Lipinski definition) is 3. The maximum absolute atomic E-state index is 9.14. The fourth-order valence-corrected chi connectivity index (χ4v) is 1.69. The van der Waals surface area contributed by atoms with Crippen molar-refractivity contribution in [3.8, 4) is 6.07 Å². The molecule has 0 aliphatic carbocycles. The van der Waals surface area contributed by atoms with Crippen LogP contribution in [0.15, 0.2) is 28.7 Å². The molecule has 0 aliphatic heterocycles. The minimum atomic E-state index is -0.698. The van der Waals surface area contributed by atoms with Gasteiger partial charge < -0.3 is 10.1 Å². The molecule has 0 bridgehead atoms. The molecule has 1 unspecified atom stereocenters. The predicted octanol–water partition coefficient (Wildman–Crippen LogP) is 3.18. The molecular formula is C12H15BrN2O. The molecule has 16 heavy (non-hydrogen) atoms. The van der Waals surface area contributed by atoms with Crippen LogP contribution >= 0.6 is 15.9 Å². The van der Waals surface area contributed by atoms with E-state index in [0.717, 1.165) is 10.2 Å². The van der Waals surface area contributed by atoms with Crippen molar-refractivity contribution in [2.24, 2.45) is 0 Å². The van der Waals surface area contributed by atoms with Gasteiger partial charge in [0.1, 0.15) is 5.54 Å². The van der Waals surface area contributed by atoms with Crippen LogP contribution in [-0.2, 0) is 4.74 Å². The predicted molar refractivity (Wildman–Crippen MR) is 68.3 cm³/mol. The summed E-state index contributed by atoms with van der Waals surface area (Å²) in [4.78, 5) is 0. The first-order valence-corrected chi connectivity index (χ1v) is 5.91. The summed E-state index contributed by atoms with van der Waals surface area (Å²) >= 11 is 3.39. The molecule has 86 valence electrons. The molecule has 0 saturated carbocycles. The van der Waals surface area contributed by atoms with Gasteiger partial charge in [0, 0.05) is 16.8 Å². The van der Waals surface area contributed by atoms with Gasteiger partial charge in [-0.1, -0.05) is 22.0 Å².